The lowest BCUT2D eigenvalue weighted by molar-refractivity contribution is -0.145. The van der Waals surface area contributed by atoms with Crippen molar-refractivity contribution in [1.29, 1.82) is 0 Å². The molecule has 1 N–H and O–H groups in total. The fourth-order valence-corrected chi connectivity index (χ4v) is 2.65. The van der Waals surface area contributed by atoms with Crippen LogP contribution in [0, 0.1) is 11.8 Å². The Balaban J connectivity index is 2.41. The summed E-state index contributed by atoms with van der Waals surface area (Å²) in [7, 11) is 6.99. The lowest BCUT2D eigenvalue weighted by atomic mass is 9.99. The highest BCUT2D eigenvalue weighted by atomic mass is 16.5. The van der Waals surface area contributed by atoms with Crippen molar-refractivity contribution in [3.63, 3.8) is 0 Å². The zero-order chi connectivity index (χ0) is 16.5. The van der Waals surface area contributed by atoms with Crippen molar-refractivity contribution in [2.75, 3.05) is 67.6 Å². The second-order valence-corrected chi connectivity index (χ2v) is 5.78. The molecule has 1 aliphatic rings. The second-order valence-electron chi connectivity index (χ2n) is 5.78. The molecular weight excluding hydrogens is 284 g/mol. The topological polar surface area (TPSA) is 66.4 Å². The zero-order valence-electron chi connectivity index (χ0n) is 14.5. The molecule has 2 atom stereocenters. The van der Waals surface area contributed by atoms with Gasteiger partial charge in [-0.2, -0.15) is 0 Å². The van der Waals surface area contributed by atoms with Gasteiger partial charge in [0.1, 0.15) is 0 Å². The highest BCUT2D eigenvalue weighted by molar-refractivity contribution is 5.82. The number of aliphatic imine (C=N–C) groups is 1. The Morgan fingerprint density at radius 2 is 2.09 bits per heavy atom. The molecule has 0 saturated carbocycles. The van der Waals surface area contributed by atoms with Gasteiger partial charge in [0.2, 0.25) is 0 Å². The van der Waals surface area contributed by atoms with Gasteiger partial charge < -0.3 is 24.6 Å². The average Bonchev–Trinajstić information content (AvgIpc) is 2.90. The first-order valence-electron chi connectivity index (χ1n) is 7.74. The van der Waals surface area contributed by atoms with Crippen LogP contribution in [0.4, 0.5) is 0 Å². The van der Waals surface area contributed by atoms with E-state index in [0.29, 0.717) is 6.54 Å². The van der Waals surface area contributed by atoms with Crippen molar-refractivity contribution < 1.29 is 14.3 Å². The van der Waals surface area contributed by atoms with E-state index in [-0.39, 0.29) is 17.8 Å². The van der Waals surface area contributed by atoms with Gasteiger partial charge in [-0.05, 0) is 13.0 Å². The van der Waals surface area contributed by atoms with Crippen LogP contribution in [0.5, 0.6) is 0 Å². The van der Waals surface area contributed by atoms with Crippen LogP contribution < -0.4 is 5.32 Å². The van der Waals surface area contributed by atoms with E-state index in [1.165, 1.54) is 7.11 Å². The number of likely N-dealkylation sites (tertiary alicyclic amines) is 1. The lowest BCUT2D eigenvalue weighted by Gasteiger charge is -2.23. The Kier molecular flexibility index (Phi) is 8.19. The number of nitrogens with one attached hydrogen (secondary N) is 1. The van der Waals surface area contributed by atoms with Crippen LogP contribution in [-0.4, -0.2) is 89.4 Å². The Bertz CT molecular complexity index is 376. The summed E-state index contributed by atoms with van der Waals surface area (Å²) in [6.07, 6.45) is 0. The summed E-state index contributed by atoms with van der Waals surface area (Å²) in [5.74, 6) is 0.909. The monoisotopic (exact) mass is 314 g/mol. The molecule has 0 bridgehead atoms. The van der Waals surface area contributed by atoms with Crippen molar-refractivity contribution in [2.24, 2.45) is 16.8 Å². The smallest absolute Gasteiger partial charge is 0.310 e. The normalized spacial score (nSPS) is 22.3. The van der Waals surface area contributed by atoms with Crippen LogP contribution >= 0.6 is 0 Å². The van der Waals surface area contributed by atoms with Gasteiger partial charge in [0.05, 0.1) is 19.6 Å². The van der Waals surface area contributed by atoms with Crippen LogP contribution in [0.2, 0.25) is 0 Å². The molecule has 1 fully saturated rings. The van der Waals surface area contributed by atoms with Gasteiger partial charge in [-0.1, -0.05) is 6.92 Å². The Hall–Kier alpha value is -1.34. The highest BCUT2D eigenvalue weighted by Gasteiger charge is 2.36. The van der Waals surface area contributed by atoms with E-state index in [9.17, 15) is 4.79 Å². The fraction of sp³-hybridized carbons (Fsp3) is 0.867. The number of hydrogen-bond acceptors (Lipinski definition) is 5. The molecule has 1 rings (SSSR count). The van der Waals surface area contributed by atoms with Crippen molar-refractivity contribution in [3.05, 3.63) is 0 Å². The molecule has 1 aliphatic heterocycles. The minimum atomic E-state index is -0.134. The number of guanidine groups is 1. The first-order chi connectivity index (χ1) is 10.5. The van der Waals surface area contributed by atoms with Gasteiger partial charge in [0, 0.05) is 46.9 Å². The van der Waals surface area contributed by atoms with Gasteiger partial charge in [0.25, 0.3) is 0 Å². The van der Waals surface area contributed by atoms with Gasteiger partial charge >= 0.3 is 5.97 Å². The molecule has 2 unspecified atom stereocenters. The van der Waals surface area contributed by atoms with Gasteiger partial charge in [-0.25, -0.2) is 0 Å². The third-order valence-electron chi connectivity index (χ3n) is 4.08. The van der Waals surface area contributed by atoms with Gasteiger partial charge in [-0.15, -0.1) is 0 Å². The number of ether oxygens (including phenoxy) is 2. The number of hydrogen-bond donors (Lipinski definition) is 1. The van der Waals surface area contributed by atoms with E-state index in [2.05, 4.69) is 34.1 Å². The molecule has 22 heavy (non-hydrogen) atoms. The minimum absolute atomic E-state index is 0.0760. The SMILES string of the molecule is CN=C(NCCN(C)CCOC)N1CC(C)C(C(=O)OC)C1. The van der Waals surface area contributed by atoms with E-state index in [4.69, 9.17) is 9.47 Å². The second kappa shape index (κ2) is 9.63. The van der Waals surface area contributed by atoms with Crippen LogP contribution in [0.25, 0.3) is 0 Å². The maximum absolute atomic E-state index is 11.8. The van der Waals surface area contributed by atoms with E-state index < -0.39 is 0 Å². The van der Waals surface area contributed by atoms with Crippen LogP contribution in [0.3, 0.4) is 0 Å². The van der Waals surface area contributed by atoms with Crippen molar-refractivity contribution in [3.8, 4) is 0 Å². The molecular formula is C15H30N4O3. The molecule has 0 spiro atoms. The number of likely N-dealkylation sites (N-methyl/N-ethyl adjacent to an activating group) is 1. The Labute approximate surface area is 133 Å². The van der Waals surface area contributed by atoms with E-state index >= 15 is 0 Å². The number of methoxy groups -OCH3 is 2. The Morgan fingerprint density at radius 1 is 1.36 bits per heavy atom. The Morgan fingerprint density at radius 3 is 2.68 bits per heavy atom. The van der Waals surface area contributed by atoms with Crippen molar-refractivity contribution in [1.82, 2.24) is 15.1 Å². The molecule has 7 nitrogen and oxygen atoms in total. The van der Waals surface area contributed by atoms with Crippen LogP contribution in [0.15, 0.2) is 4.99 Å². The summed E-state index contributed by atoms with van der Waals surface area (Å²) in [4.78, 5) is 20.4. The maximum Gasteiger partial charge on any atom is 0.310 e. The highest BCUT2D eigenvalue weighted by Crippen LogP contribution is 2.23. The first kappa shape index (κ1) is 18.7. The molecule has 7 heteroatoms. The maximum atomic E-state index is 11.8. The molecule has 0 aromatic rings. The van der Waals surface area contributed by atoms with Crippen molar-refractivity contribution >= 4 is 11.9 Å². The van der Waals surface area contributed by atoms with Crippen LogP contribution in [-0.2, 0) is 14.3 Å². The molecule has 0 radical (unpaired) electrons. The lowest BCUT2D eigenvalue weighted by Crippen LogP contribution is -2.43. The standard InChI is InChI=1S/C15H30N4O3/c1-12-10-19(11-13(12)14(20)22-5)15(16-2)17-6-7-18(3)8-9-21-4/h12-13H,6-11H2,1-5H3,(H,16,17). The number of carbonyl (C=O) groups excluding carboxylic acids is 1. The molecule has 128 valence electrons. The van der Waals surface area contributed by atoms with Crippen molar-refractivity contribution in [2.45, 2.75) is 6.92 Å². The van der Waals surface area contributed by atoms with Gasteiger partial charge in [-0.3, -0.25) is 9.79 Å². The predicted octanol–water partition coefficient (Wildman–Crippen LogP) is -0.119. The summed E-state index contributed by atoms with van der Waals surface area (Å²) in [6.45, 7) is 6.91. The number of nitrogens with zero attached hydrogens (tertiary/aromatic N) is 3. The molecule has 0 aromatic carbocycles. The summed E-state index contributed by atoms with van der Waals surface area (Å²) in [5.41, 5.74) is 0. The number of carbonyl (C=O) groups is 1. The van der Waals surface area contributed by atoms with Crippen LogP contribution in [0.1, 0.15) is 6.92 Å². The average molecular weight is 314 g/mol. The predicted molar refractivity (Wildman–Crippen MR) is 87.0 cm³/mol. The van der Waals surface area contributed by atoms with E-state index in [0.717, 1.165) is 38.7 Å². The number of esters is 1. The largest absolute Gasteiger partial charge is 0.469 e. The summed E-state index contributed by atoms with van der Waals surface area (Å²) in [6, 6.07) is 0. The van der Waals surface area contributed by atoms with E-state index in [1.807, 2.05) is 0 Å². The summed E-state index contributed by atoms with van der Waals surface area (Å²) < 4.78 is 9.93. The number of rotatable bonds is 7. The molecule has 1 saturated heterocycles. The zero-order valence-corrected chi connectivity index (χ0v) is 14.5. The third-order valence-corrected chi connectivity index (χ3v) is 4.08. The van der Waals surface area contributed by atoms with Gasteiger partial charge in [0.15, 0.2) is 5.96 Å². The third kappa shape index (κ3) is 5.46. The molecule has 0 amide bonds. The summed E-state index contributed by atoms with van der Waals surface area (Å²) in [5, 5.41) is 3.36. The summed E-state index contributed by atoms with van der Waals surface area (Å²) >= 11 is 0. The molecule has 1 heterocycles. The fourth-order valence-electron chi connectivity index (χ4n) is 2.65. The quantitative estimate of drug-likeness (QED) is 0.401. The molecule has 0 aromatic heterocycles. The first-order valence-corrected chi connectivity index (χ1v) is 7.74. The molecule has 0 aliphatic carbocycles. The van der Waals surface area contributed by atoms with E-state index in [1.54, 1.807) is 14.2 Å². The minimum Gasteiger partial charge on any atom is -0.469 e.